The van der Waals surface area contributed by atoms with E-state index in [4.69, 9.17) is 0 Å². The van der Waals surface area contributed by atoms with Crippen molar-refractivity contribution < 1.29 is 14.4 Å². The maximum absolute atomic E-state index is 13.8. The molecule has 2 aromatic rings. The number of rotatable bonds is 6. The summed E-state index contributed by atoms with van der Waals surface area (Å²) < 4.78 is 0. The molecule has 0 unspecified atom stereocenters. The number of pyridine rings is 1. The van der Waals surface area contributed by atoms with Crippen LogP contribution in [0.5, 0.6) is 0 Å². The molecule has 0 bridgehead atoms. The molecule has 7 heteroatoms. The lowest BCUT2D eigenvalue weighted by molar-refractivity contribution is -0.143. The summed E-state index contributed by atoms with van der Waals surface area (Å²) in [5.74, 6) is -0.547. The Kier molecular flexibility index (Phi) is 6.95. The number of imide groups is 1. The van der Waals surface area contributed by atoms with Crippen molar-refractivity contribution in [1.29, 1.82) is 0 Å². The third-order valence-electron chi connectivity index (χ3n) is 8.04. The predicted octanol–water partition coefficient (Wildman–Crippen LogP) is 3.15. The van der Waals surface area contributed by atoms with Gasteiger partial charge in [-0.05, 0) is 36.1 Å². The van der Waals surface area contributed by atoms with Gasteiger partial charge < -0.3 is 4.90 Å². The van der Waals surface area contributed by atoms with Crippen molar-refractivity contribution in [2.45, 2.75) is 62.9 Å². The molecule has 5 rings (SSSR count). The first-order valence-electron chi connectivity index (χ1n) is 12.9. The molecule has 1 saturated carbocycles. The molecule has 7 nitrogen and oxygen atoms in total. The number of hydrogen-bond donors (Lipinski definition) is 0. The third-order valence-corrected chi connectivity index (χ3v) is 8.04. The molecule has 3 amide bonds. The highest BCUT2D eigenvalue weighted by Crippen LogP contribution is 2.41. The predicted molar refractivity (Wildman–Crippen MR) is 132 cm³/mol. The Bertz CT molecular complexity index is 1050. The highest BCUT2D eigenvalue weighted by Gasteiger charge is 2.54. The maximum atomic E-state index is 13.8. The van der Waals surface area contributed by atoms with Crippen molar-refractivity contribution in [2.24, 2.45) is 0 Å². The second-order valence-corrected chi connectivity index (χ2v) is 10.2. The Labute approximate surface area is 207 Å². The van der Waals surface area contributed by atoms with Gasteiger partial charge in [-0.3, -0.25) is 29.2 Å². The van der Waals surface area contributed by atoms with Gasteiger partial charge in [0.2, 0.25) is 17.7 Å². The fourth-order valence-corrected chi connectivity index (χ4v) is 6.01. The first-order chi connectivity index (χ1) is 17.1. The van der Waals surface area contributed by atoms with Crippen LogP contribution in [-0.2, 0) is 26.3 Å². The van der Waals surface area contributed by atoms with E-state index in [1.54, 1.807) is 24.5 Å². The number of carbonyl (C=O) groups is 3. The number of amides is 3. The SMILES string of the molecule is O=C(C[C@@]1(c2ccccc2)CC(=O)N(Cc2ccncc2)C1=O)N1CCN(C2CCCCC2)CC1. The maximum Gasteiger partial charge on any atom is 0.241 e. The Balaban J connectivity index is 1.32. The summed E-state index contributed by atoms with van der Waals surface area (Å²) in [5, 5.41) is 0. The zero-order valence-electron chi connectivity index (χ0n) is 20.3. The number of carbonyl (C=O) groups excluding carboxylic acids is 3. The largest absolute Gasteiger partial charge is 0.340 e. The second kappa shape index (κ2) is 10.3. The van der Waals surface area contributed by atoms with E-state index in [0.29, 0.717) is 19.1 Å². The van der Waals surface area contributed by atoms with Gasteiger partial charge in [0.25, 0.3) is 0 Å². The lowest BCUT2D eigenvalue weighted by Crippen LogP contribution is -2.53. The molecule has 1 aromatic heterocycles. The van der Waals surface area contributed by atoms with Gasteiger partial charge in [-0.1, -0.05) is 49.6 Å². The van der Waals surface area contributed by atoms with Crippen LogP contribution in [-0.4, -0.2) is 69.6 Å². The van der Waals surface area contributed by atoms with Crippen LogP contribution in [0, 0.1) is 0 Å². The van der Waals surface area contributed by atoms with Crippen molar-refractivity contribution in [2.75, 3.05) is 26.2 Å². The first kappa shape index (κ1) is 23.7. The molecule has 1 aromatic carbocycles. The van der Waals surface area contributed by atoms with Gasteiger partial charge in [-0.2, -0.15) is 0 Å². The van der Waals surface area contributed by atoms with Gasteiger partial charge >= 0.3 is 0 Å². The van der Waals surface area contributed by atoms with Crippen molar-refractivity contribution in [3.63, 3.8) is 0 Å². The normalized spacial score (nSPS) is 24.2. The van der Waals surface area contributed by atoms with Gasteiger partial charge in [0.05, 0.1) is 12.0 Å². The van der Waals surface area contributed by atoms with Crippen molar-refractivity contribution in [1.82, 2.24) is 19.7 Å². The first-order valence-corrected chi connectivity index (χ1v) is 12.9. The quantitative estimate of drug-likeness (QED) is 0.602. The molecule has 0 spiro atoms. The van der Waals surface area contributed by atoms with Crippen LogP contribution in [0.4, 0.5) is 0 Å². The van der Waals surface area contributed by atoms with E-state index in [1.807, 2.05) is 35.2 Å². The van der Waals surface area contributed by atoms with Crippen LogP contribution in [0.25, 0.3) is 0 Å². The van der Waals surface area contributed by atoms with Crippen molar-refractivity contribution in [3.05, 3.63) is 66.0 Å². The Hall–Kier alpha value is -3.06. The van der Waals surface area contributed by atoms with E-state index in [0.717, 1.165) is 24.2 Å². The average Bonchev–Trinajstić information content (AvgIpc) is 3.15. The molecule has 0 N–H and O–H groups in total. The summed E-state index contributed by atoms with van der Waals surface area (Å²) in [5.41, 5.74) is 0.434. The van der Waals surface area contributed by atoms with Crippen LogP contribution in [0.3, 0.4) is 0 Å². The third kappa shape index (κ3) is 4.87. The summed E-state index contributed by atoms with van der Waals surface area (Å²) >= 11 is 0. The minimum atomic E-state index is -1.15. The van der Waals surface area contributed by atoms with E-state index in [-0.39, 0.29) is 37.1 Å². The zero-order chi connectivity index (χ0) is 24.3. The second-order valence-electron chi connectivity index (χ2n) is 10.2. The average molecular weight is 475 g/mol. The van der Waals surface area contributed by atoms with Crippen LogP contribution < -0.4 is 0 Å². The molecule has 1 atom stereocenters. The summed E-state index contributed by atoms with van der Waals surface area (Å²) in [4.78, 5) is 50.3. The standard InChI is InChI=1S/C28H34N4O3/c33-25(31-17-15-30(16-18-31)24-9-5-2-6-10-24)19-28(23-7-3-1-4-8-23)20-26(34)32(27(28)35)21-22-11-13-29-14-12-22/h1,3-4,7-8,11-14,24H,2,5-6,9-10,15-21H2/t28-/m0/s1. The summed E-state index contributed by atoms with van der Waals surface area (Å²) in [7, 11) is 0. The topological polar surface area (TPSA) is 73.8 Å². The molecule has 3 heterocycles. The van der Waals surface area contributed by atoms with E-state index in [1.165, 1.54) is 37.0 Å². The Morgan fingerprint density at radius 2 is 1.60 bits per heavy atom. The van der Waals surface area contributed by atoms with Crippen molar-refractivity contribution >= 4 is 17.7 Å². The highest BCUT2D eigenvalue weighted by molar-refractivity contribution is 6.10. The van der Waals surface area contributed by atoms with E-state index < -0.39 is 5.41 Å². The van der Waals surface area contributed by atoms with Crippen molar-refractivity contribution in [3.8, 4) is 0 Å². The van der Waals surface area contributed by atoms with Crippen LogP contribution in [0.15, 0.2) is 54.9 Å². The fourth-order valence-electron chi connectivity index (χ4n) is 6.01. The number of likely N-dealkylation sites (tertiary alicyclic amines) is 1. The van der Waals surface area contributed by atoms with E-state index in [2.05, 4.69) is 9.88 Å². The zero-order valence-corrected chi connectivity index (χ0v) is 20.3. The van der Waals surface area contributed by atoms with Gasteiger partial charge in [0.1, 0.15) is 0 Å². The molecule has 3 fully saturated rings. The summed E-state index contributed by atoms with van der Waals surface area (Å²) in [6.45, 7) is 3.33. The van der Waals surface area contributed by atoms with Crippen LogP contribution >= 0.6 is 0 Å². The smallest absolute Gasteiger partial charge is 0.241 e. The Morgan fingerprint density at radius 3 is 2.29 bits per heavy atom. The highest BCUT2D eigenvalue weighted by atomic mass is 16.2. The number of hydrogen-bond acceptors (Lipinski definition) is 5. The molecule has 1 aliphatic carbocycles. The number of piperazine rings is 1. The van der Waals surface area contributed by atoms with Gasteiger partial charge in [0.15, 0.2) is 0 Å². The number of aromatic nitrogens is 1. The van der Waals surface area contributed by atoms with Crippen LogP contribution in [0.1, 0.15) is 56.1 Å². The molecule has 2 saturated heterocycles. The van der Waals surface area contributed by atoms with E-state index in [9.17, 15) is 14.4 Å². The van der Waals surface area contributed by atoms with Gasteiger partial charge in [0, 0.05) is 57.5 Å². The molecule has 3 aliphatic rings. The molecular weight excluding hydrogens is 440 g/mol. The molecule has 0 radical (unpaired) electrons. The minimum Gasteiger partial charge on any atom is -0.340 e. The lowest BCUT2D eigenvalue weighted by Gasteiger charge is -2.41. The molecule has 35 heavy (non-hydrogen) atoms. The van der Waals surface area contributed by atoms with E-state index >= 15 is 0 Å². The van der Waals surface area contributed by atoms with Crippen LogP contribution in [0.2, 0.25) is 0 Å². The van der Waals surface area contributed by atoms with Gasteiger partial charge in [-0.15, -0.1) is 0 Å². The molecule has 2 aliphatic heterocycles. The molecular formula is C28H34N4O3. The van der Waals surface area contributed by atoms with Gasteiger partial charge in [-0.25, -0.2) is 0 Å². The minimum absolute atomic E-state index is 0.0225. The summed E-state index contributed by atoms with van der Waals surface area (Å²) in [6.07, 6.45) is 9.81. The number of nitrogens with zero attached hydrogens (tertiary/aromatic N) is 4. The summed E-state index contributed by atoms with van der Waals surface area (Å²) in [6, 6.07) is 13.6. The fraction of sp³-hybridized carbons (Fsp3) is 0.500. The Morgan fingerprint density at radius 1 is 0.914 bits per heavy atom. The molecule has 184 valence electrons. The lowest BCUT2D eigenvalue weighted by atomic mass is 9.75. The monoisotopic (exact) mass is 474 g/mol. The number of benzene rings is 1.